The monoisotopic (exact) mass is 309 g/mol. The molecular weight excluding hydrogens is 294 g/mol. The van der Waals surface area contributed by atoms with Crippen molar-refractivity contribution in [1.29, 1.82) is 0 Å². The van der Waals surface area contributed by atoms with Gasteiger partial charge >= 0.3 is 5.97 Å². The van der Waals surface area contributed by atoms with E-state index in [4.69, 9.17) is 9.15 Å². The summed E-state index contributed by atoms with van der Waals surface area (Å²) in [7, 11) is 1.29. The van der Waals surface area contributed by atoms with Crippen molar-refractivity contribution in [2.75, 3.05) is 12.4 Å². The van der Waals surface area contributed by atoms with Crippen LogP contribution in [-0.4, -0.2) is 19.0 Å². The van der Waals surface area contributed by atoms with Crippen LogP contribution in [0.3, 0.4) is 0 Å². The SMILES string of the molecule is COC(=O)c1ccccc1NC(=O)c1cc2cccc(C)c2o1. The van der Waals surface area contributed by atoms with Crippen LogP contribution in [0.4, 0.5) is 5.69 Å². The number of methoxy groups -OCH3 is 1. The summed E-state index contributed by atoms with van der Waals surface area (Å²) in [6, 6.07) is 14.0. The molecule has 116 valence electrons. The highest BCUT2D eigenvalue weighted by Crippen LogP contribution is 2.24. The summed E-state index contributed by atoms with van der Waals surface area (Å²) >= 11 is 0. The molecule has 1 aromatic heterocycles. The molecule has 0 radical (unpaired) electrons. The molecule has 5 heteroatoms. The van der Waals surface area contributed by atoms with E-state index in [1.54, 1.807) is 30.3 Å². The van der Waals surface area contributed by atoms with Crippen LogP contribution < -0.4 is 5.32 Å². The lowest BCUT2D eigenvalue weighted by Gasteiger charge is -2.08. The number of carbonyl (C=O) groups is 2. The van der Waals surface area contributed by atoms with Gasteiger partial charge < -0.3 is 14.5 Å². The quantitative estimate of drug-likeness (QED) is 0.748. The summed E-state index contributed by atoms with van der Waals surface area (Å²) in [5.74, 6) is -0.743. The number of esters is 1. The summed E-state index contributed by atoms with van der Waals surface area (Å²) in [5, 5.41) is 3.55. The van der Waals surface area contributed by atoms with Crippen molar-refractivity contribution in [3.8, 4) is 0 Å². The molecule has 0 saturated heterocycles. The van der Waals surface area contributed by atoms with Gasteiger partial charge in [0.05, 0.1) is 18.4 Å². The van der Waals surface area contributed by atoms with Crippen LogP contribution in [0.2, 0.25) is 0 Å². The molecule has 0 aliphatic rings. The van der Waals surface area contributed by atoms with Gasteiger partial charge in [0.15, 0.2) is 5.76 Å². The highest BCUT2D eigenvalue weighted by molar-refractivity contribution is 6.08. The highest BCUT2D eigenvalue weighted by Gasteiger charge is 2.17. The van der Waals surface area contributed by atoms with Crippen molar-refractivity contribution in [3.63, 3.8) is 0 Å². The Hall–Kier alpha value is -3.08. The normalized spacial score (nSPS) is 10.5. The van der Waals surface area contributed by atoms with E-state index in [9.17, 15) is 9.59 Å². The van der Waals surface area contributed by atoms with Crippen molar-refractivity contribution in [3.05, 3.63) is 65.4 Å². The van der Waals surface area contributed by atoms with Crippen LogP contribution in [-0.2, 0) is 4.74 Å². The Morgan fingerprint density at radius 2 is 1.87 bits per heavy atom. The molecule has 3 aromatic rings. The zero-order chi connectivity index (χ0) is 16.4. The summed E-state index contributed by atoms with van der Waals surface area (Å²) in [5.41, 5.74) is 2.30. The minimum Gasteiger partial charge on any atom is -0.465 e. The third-order valence-corrected chi connectivity index (χ3v) is 3.55. The molecule has 2 aromatic carbocycles. The second kappa shape index (κ2) is 5.96. The molecule has 1 heterocycles. The number of rotatable bonds is 3. The van der Waals surface area contributed by atoms with Crippen molar-refractivity contribution < 1.29 is 18.7 Å². The van der Waals surface area contributed by atoms with Crippen LogP contribution in [0.15, 0.2) is 52.9 Å². The first-order chi connectivity index (χ1) is 11.1. The summed E-state index contributed by atoms with van der Waals surface area (Å²) < 4.78 is 10.3. The van der Waals surface area contributed by atoms with Gasteiger partial charge in [-0.2, -0.15) is 0 Å². The fraction of sp³-hybridized carbons (Fsp3) is 0.111. The molecule has 0 saturated carbocycles. The van der Waals surface area contributed by atoms with E-state index in [1.165, 1.54) is 7.11 Å². The van der Waals surface area contributed by atoms with Crippen LogP contribution >= 0.6 is 0 Å². The van der Waals surface area contributed by atoms with Crippen LogP contribution in [0.1, 0.15) is 26.5 Å². The number of hydrogen-bond acceptors (Lipinski definition) is 4. The second-order valence-electron chi connectivity index (χ2n) is 5.10. The number of anilines is 1. The first-order valence-electron chi connectivity index (χ1n) is 7.08. The maximum absolute atomic E-state index is 12.4. The van der Waals surface area contributed by atoms with E-state index in [2.05, 4.69) is 5.32 Å². The minimum atomic E-state index is -0.513. The molecule has 0 fully saturated rings. The number of aryl methyl sites for hydroxylation is 1. The molecule has 0 bridgehead atoms. The Balaban J connectivity index is 1.92. The Morgan fingerprint density at radius 3 is 2.61 bits per heavy atom. The standard InChI is InChI=1S/C18H15NO4/c1-11-6-5-7-12-10-15(23-16(11)12)17(20)19-14-9-4-3-8-13(14)18(21)22-2/h3-10H,1-2H3,(H,19,20). The third kappa shape index (κ3) is 2.81. The van der Waals surface area contributed by atoms with E-state index in [0.29, 0.717) is 11.3 Å². The fourth-order valence-corrected chi connectivity index (χ4v) is 2.38. The van der Waals surface area contributed by atoms with Gasteiger partial charge in [-0.1, -0.05) is 30.3 Å². The van der Waals surface area contributed by atoms with E-state index < -0.39 is 11.9 Å². The number of fused-ring (bicyclic) bond motifs is 1. The Morgan fingerprint density at radius 1 is 1.09 bits per heavy atom. The summed E-state index contributed by atoms with van der Waals surface area (Å²) in [6.45, 7) is 1.92. The largest absolute Gasteiger partial charge is 0.465 e. The lowest BCUT2D eigenvalue weighted by atomic mass is 10.1. The summed E-state index contributed by atoms with van der Waals surface area (Å²) in [6.07, 6.45) is 0. The van der Waals surface area contributed by atoms with Crippen LogP contribution in [0.25, 0.3) is 11.0 Å². The molecular formula is C18H15NO4. The topological polar surface area (TPSA) is 68.5 Å². The molecule has 0 atom stereocenters. The maximum Gasteiger partial charge on any atom is 0.339 e. The second-order valence-corrected chi connectivity index (χ2v) is 5.10. The number of benzene rings is 2. The smallest absolute Gasteiger partial charge is 0.339 e. The van der Waals surface area contributed by atoms with E-state index >= 15 is 0 Å². The lowest BCUT2D eigenvalue weighted by Crippen LogP contribution is -2.14. The van der Waals surface area contributed by atoms with Gasteiger partial charge in [0, 0.05) is 5.39 Å². The Bertz CT molecular complexity index is 895. The molecule has 0 spiro atoms. The zero-order valence-corrected chi connectivity index (χ0v) is 12.8. The van der Waals surface area contributed by atoms with Gasteiger partial charge in [0.25, 0.3) is 5.91 Å². The number of furan rings is 1. The molecule has 0 aliphatic heterocycles. The van der Waals surface area contributed by atoms with E-state index in [-0.39, 0.29) is 11.3 Å². The van der Waals surface area contributed by atoms with Crippen molar-refractivity contribution in [2.24, 2.45) is 0 Å². The highest BCUT2D eigenvalue weighted by atomic mass is 16.5. The Kier molecular flexibility index (Phi) is 3.85. The molecule has 23 heavy (non-hydrogen) atoms. The molecule has 1 amide bonds. The molecule has 3 rings (SSSR count). The maximum atomic E-state index is 12.4. The van der Waals surface area contributed by atoms with Gasteiger partial charge in [-0.15, -0.1) is 0 Å². The number of para-hydroxylation sites is 2. The van der Waals surface area contributed by atoms with Gasteiger partial charge in [0.2, 0.25) is 0 Å². The number of hydrogen-bond donors (Lipinski definition) is 1. The van der Waals surface area contributed by atoms with Crippen molar-refractivity contribution in [1.82, 2.24) is 0 Å². The van der Waals surface area contributed by atoms with Crippen LogP contribution in [0.5, 0.6) is 0 Å². The Labute approximate surface area is 132 Å². The van der Waals surface area contributed by atoms with Crippen molar-refractivity contribution in [2.45, 2.75) is 6.92 Å². The first-order valence-corrected chi connectivity index (χ1v) is 7.08. The minimum absolute atomic E-state index is 0.189. The molecule has 5 nitrogen and oxygen atoms in total. The van der Waals surface area contributed by atoms with Gasteiger partial charge in [-0.05, 0) is 30.7 Å². The van der Waals surface area contributed by atoms with E-state index in [0.717, 1.165) is 10.9 Å². The molecule has 0 aliphatic carbocycles. The first kappa shape index (κ1) is 14.8. The lowest BCUT2D eigenvalue weighted by molar-refractivity contribution is 0.0602. The number of amides is 1. The predicted octanol–water partition coefficient (Wildman–Crippen LogP) is 3.78. The van der Waals surface area contributed by atoms with Crippen molar-refractivity contribution >= 4 is 28.5 Å². The van der Waals surface area contributed by atoms with Gasteiger partial charge in [-0.3, -0.25) is 4.79 Å². The fourth-order valence-electron chi connectivity index (χ4n) is 2.38. The third-order valence-electron chi connectivity index (χ3n) is 3.55. The van der Waals surface area contributed by atoms with Gasteiger partial charge in [0.1, 0.15) is 5.58 Å². The average Bonchev–Trinajstić information content (AvgIpc) is 3.00. The number of ether oxygens (including phenoxy) is 1. The summed E-state index contributed by atoms with van der Waals surface area (Å²) in [4.78, 5) is 24.1. The number of nitrogens with one attached hydrogen (secondary N) is 1. The number of carbonyl (C=O) groups excluding carboxylic acids is 2. The molecule has 0 unspecified atom stereocenters. The average molecular weight is 309 g/mol. The zero-order valence-electron chi connectivity index (χ0n) is 12.8. The van der Waals surface area contributed by atoms with E-state index in [1.807, 2.05) is 25.1 Å². The molecule has 1 N–H and O–H groups in total. The van der Waals surface area contributed by atoms with Crippen LogP contribution in [0, 0.1) is 6.92 Å². The van der Waals surface area contributed by atoms with Gasteiger partial charge in [-0.25, -0.2) is 4.79 Å². The predicted molar refractivity (Wildman–Crippen MR) is 86.7 cm³/mol.